The highest BCUT2D eigenvalue weighted by Gasteiger charge is 2.15. The number of carbonyl (C=O) groups is 2. The summed E-state index contributed by atoms with van der Waals surface area (Å²) in [6.07, 6.45) is 0.574. The summed E-state index contributed by atoms with van der Waals surface area (Å²) < 4.78 is 32.1. The van der Waals surface area contributed by atoms with E-state index in [0.29, 0.717) is 34.8 Å². The van der Waals surface area contributed by atoms with Crippen LogP contribution in [0.5, 0.6) is 0 Å². The highest BCUT2D eigenvalue weighted by molar-refractivity contribution is 7.92. The molecule has 3 aromatic rings. The number of methoxy groups -OCH3 is 1. The molecule has 0 radical (unpaired) electrons. The van der Waals surface area contributed by atoms with E-state index in [2.05, 4.69) is 14.8 Å². The van der Waals surface area contributed by atoms with Gasteiger partial charge in [0.1, 0.15) is 0 Å². The van der Waals surface area contributed by atoms with Gasteiger partial charge in [-0.2, -0.15) is 0 Å². The Morgan fingerprint density at radius 1 is 0.875 bits per heavy atom. The summed E-state index contributed by atoms with van der Waals surface area (Å²) >= 11 is 5.81. The van der Waals surface area contributed by atoms with Crippen LogP contribution < -0.4 is 10.0 Å². The summed E-state index contributed by atoms with van der Waals surface area (Å²) in [5, 5.41) is 3.29. The molecule has 0 spiro atoms. The Hall–Kier alpha value is -3.36. The number of benzene rings is 3. The monoisotopic (exact) mass is 472 g/mol. The number of anilines is 1. The quantitative estimate of drug-likeness (QED) is 0.484. The minimum atomic E-state index is -3.79. The summed E-state index contributed by atoms with van der Waals surface area (Å²) in [5.74, 6) is -0.718. The molecule has 3 aromatic carbocycles. The molecule has 1 amide bonds. The average Bonchev–Trinajstić information content (AvgIpc) is 2.80. The Bertz CT molecular complexity index is 1190. The fraction of sp³-hybridized carbons (Fsp3) is 0.130. The summed E-state index contributed by atoms with van der Waals surface area (Å²) in [6, 6.07) is 18.9. The number of nitrogens with one attached hydrogen (secondary N) is 2. The number of sulfonamides is 1. The second kappa shape index (κ2) is 10.3. The Balaban J connectivity index is 1.55. The van der Waals surface area contributed by atoms with Crippen molar-refractivity contribution in [3.63, 3.8) is 0 Å². The molecule has 0 saturated heterocycles. The van der Waals surface area contributed by atoms with E-state index in [-0.39, 0.29) is 10.8 Å². The molecular formula is C23H21ClN2O5S. The first kappa shape index (κ1) is 23.3. The van der Waals surface area contributed by atoms with Crippen molar-refractivity contribution in [2.45, 2.75) is 11.3 Å². The van der Waals surface area contributed by atoms with Gasteiger partial charge in [-0.3, -0.25) is 9.52 Å². The molecule has 166 valence electrons. The van der Waals surface area contributed by atoms with E-state index >= 15 is 0 Å². The first-order valence-electron chi connectivity index (χ1n) is 9.62. The maximum Gasteiger partial charge on any atom is 0.337 e. The van der Waals surface area contributed by atoms with Crippen LogP contribution in [0.25, 0.3) is 0 Å². The second-order valence-electron chi connectivity index (χ2n) is 6.83. The van der Waals surface area contributed by atoms with E-state index in [1.165, 1.54) is 31.4 Å². The van der Waals surface area contributed by atoms with Crippen LogP contribution in [0, 0.1) is 0 Å². The van der Waals surface area contributed by atoms with Gasteiger partial charge in [0.15, 0.2) is 0 Å². The van der Waals surface area contributed by atoms with Crippen molar-refractivity contribution in [1.29, 1.82) is 0 Å². The van der Waals surface area contributed by atoms with Crippen LogP contribution in [-0.2, 0) is 21.2 Å². The van der Waals surface area contributed by atoms with Crippen LogP contribution in [0.1, 0.15) is 26.3 Å². The molecule has 9 heteroatoms. The van der Waals surface area contributed by atoms with Gasteiger partial charge in [0.05, 0.1) is 17.6 Å². The average molecular weight is 473 g/mol. The first-order chi connectivity index (χ1) is 15.3. The maximum atomic E-state index is 12.5. The molecule has 0 aromatic heterocycles. The van der Waals surface area contributed by atoms with Crippen LogP contribution in [0.3, 0.4) is 0 Å². The molecule has 0 atom stereocenters. The minimum absolute atomic E-state index is 0.0368. The molecule has 32 heavy (non-hydrogen) atoms. The lowest BCUT2D eigenvalue weighted by atomic mass is 10.1. The van der Waals surface area contributed by atoms with Crippen LogP contribution in [0.4, 0.5) is 5.69 Å². The van der Waals surface area contributed by atoms with E-state index < -0.39 is 16.0 Å². The number of amides is 1. The largest absolute Gasteiger partial charge is 0.465 e. The number of esters is 1. The zero-order chi connectivity index (χ0) is 23.1. The molecule has 0 unspecified atom stereocenters. The summed E-state index contributed by atoms with van der Waals surface area (Å²) in [4.78, 5) is 23.8. The maximum absolute atomic E-state index is 12.5. The molecular weight excluding hydrogens is 452 g/mol. The number of hydrogen-bond acceptors (Lipinski definition) is 5. The second-order valence-corrected chi connectivity index (χ2v) is 8.95. The summed E-state index contributed by atoms with van der Waals surface area (Å²) in [7, 11) is -2.47. The minimum Gasteiger partial charge on any atom is -0.465 e. The smallest absolute Gasteiger partial charge is 0.337 e. The predicted octanol–water partition coefficient (Wildman–Crippen LogP) is 3.90. The van der Waals surface area contributed by atoms with Gasteiger partial charge in [0.25, 0.3) is 15.9 Å². The van der Waals surface area contributed by atoms with Gasteiger partial charge in [-0.05, 0) is 72.6 Å². The lowest BCUT2D eigenvalue weighted by Gasteiger charge is -2.09. The summed E-state index contributed by atoms with van der Waals surface area (Å²) in [6.45, 7) is 0.384. The first-order valence-corrected chi connectivity index (χ1v) is 11.5. The predicted molar refractivity (Wildman–Crippen MR) is 123 cm³/mol. The van der Waals surface area contributed by atoms with Crippen LogP contribution in [0.2, 0.25) is 5.02 Å². The molecule has 0 bridgehead atoms. The van der Waals surface area contributed by atoms with Crippen molar-refractivity contribution in [3.8, 4) is 0 Å². The lowest BCUT2D eigenvalue weighted by Crippen LogP contribution is -2.25. The van der Waals surface area contributed by atoms with Gasteiger partial charge in [-0.25, -0.2) is 13.2 Å². The number of rotatable bonds is 8. The zero-order valence-electron chi connectivity index (χ0n) is 17.2. The molecule has 7 nitrogen and oxygen atoms in total. The van der Waals surface area contributed by atoms with E-state index in [4.69, 9.17) is 11.6 Å². The fourth-order valence-electron chi connectivity index (χ4n) is 2.87. The van der Waals surface area contributed by atoms with Crippen molar-refractivity contribution >= 4 is 39.2 Å². The van der Waals surface area contributed by atoms with Gasteiger partial charge in [-0.15, -0.1) is 0 Å². The van der Waals surface area contributed by atoms with E-state index in [9.17, 15) is 18.0 Å². The van der Waals surface area contributed by atoms with Gasteiger partial charge < -0.3 is 10.1 Å². The molecule has 0 heterocycles. The van der Waals surface area contributed by atoms with Crippen molar-refractivity contribution in [3.05, 3.63) is 94.5 Å². The van der Waals surface area contributed by atoms with E-state index in [1.54, 1.807) is 48.5 Å². The third-order valence-electron chi connectivity index (χ3n) is 4.60. The van der Waals surface area contributed by atoms with E-state index in [1.807, 2.05) is 0 Å². The Labute approximate surface area is 191 Å². The summed E-state index contributed by atoms with van der Waals surface area (Å²) in [5.41, 5.74) is 2.14. The highest BCUT2D eigenvalue weighted by atomic mass is 35.5. The molecule has 0 aliphatic rings. The van der Waals surface area contributed by atoms with Gasteiger partial charge in [0.2, 0.25) is 0 Å². The van der Waals surface area contributed by atoms with Crippen LogP contribution >= 0.6 is 11.6 Å². The number of hydrogen-bond donors (Lipinski definition) is 2. The SMILES string of the molecule is COC(=O)c1ccc(CCNC(=O)c2ccc(S(=O)(=O)Nc3ccc(Cl)cc3)cc2)cc1. The van der Waals surface area contributed by atoms with Gasteiger partial charge >= 0.3 is 5.97 Å². The zero-order valence-corrected chi connectivity index (χ0v) is 18.7. The molecule has 0 saturated carbocycles. The Morgan fingerprint density at radius 3 is 2.06 bits per heavy atom. The standard InChI is InChI=1S/C23H21ClN2O5S/c1-31-23(28)18-4-2-16(3-5-18)14-15-25-22(27)17-6-12-21(13-7-17)32(29,30)26-20-10-8-19(24)9-11-20/h2-13,26H,14-15H2,1H3,(H,25,27). The normalized spacial score (nSPS) is 10.9. The Morgan fingerprint density at radius 2 is 1.47 bits per heavy atom. The van der Waals surface area contributed by atoms with E-state index in [0.717, 1.165) is 5.56 Å². The third kappa shape index (κ3) is 6.09. The molecule has 2 N–H and O–H groups in total. The third-order valence-corrected chi connectivity index (χ3v) is 6.25. The van der Waals surface area contributed by atoms with Crippen molar-refractivity contribution in [2.24, 2.45) is 0 Å². The number of carbonyl (C=O) groups excluding carboxylic acids is 2. The number of ether oxygens (including phenoxy) is 1. The fourth-order valence-corrected chi connectivity index (χ4v) is 4.05. The number of halogens is 1. The van der Waals surface area contributed by atoms with Crippen molar-refractivity contribution in [2.75, 3.05) is 18.4 Å². The van der Waals surface area contributed by atoms with Crippen molar-refractivity contribution < 1.29 is 22.7 Å². The highest BCUT2D eigenvalue weighted by Crippen LogP contribution is 2.19. The van der Waals surface area contributed by atoms with Gasteiger partial charge in [0, 0.05) is 22.8 Å². The van der Waals surface area contributed by atoms with Gasteiger partial charge in [-0.1, -0.05) is 23.7 Å². The Kier molecular flexibility index (Phi) is 7.50. The van der Waals surface area contributed by atoms with Crippen LogP contribution in [0.15, 0.2) is 77.7 Å². The topological polar surface area (TPSA) is 102 Å². The lowest BCUT2D eigenvalue weighted by molar-refractivity contribution is 0.0600. The van der Waals surface area contributed by atoms with Crippen LogP contribution in [-0.4, -0.2) is 33.9 Å². The molecule has 0 fully saturated rings. The van der Waals surface area contributed by atoms with Crippen molar-refractivity contribution in [1.82, 2.24) is 5.32 Å². The molecule has 3 rings (SSSR count). The molecule has 0 aliphatic heterocycles. The molecule has 0 aliphatic carbocycles.